The average molecular weight is 464 g/mol. The van der Waals surface area contributed by atoms with Crippen LogP contribution < -0.4 is 5.56 Å². The molecule has 2 fully saturated rings. The second-order valence-corrected chi connectivity index (χ2v) is 8.83. The Balaban J connectivity index is 1.24. The van der Waals surface area contributed by atoms with Gasteiger partial charge in [-0.3, -0.25) is 19.4 Å². The molecule has 0 aliphatic carbocycles. The van der Waals surface area contributed by atoms with Crippen LogP contribution in [-0.2, 0) is 16.1 Å². The van der Waals surface area contributed by atoms with Crippen LogP contribution in [0.15, 0.2) is 53.5 Å². The number of benzene rings is 1. The first-order valence-corrected chi connectivity index (χ1v) is 11.7. The van der Waals surface area contributed by atoms with Crippen LogP contribution in [0.25, 0.3) is 22.2 Å². The number of carbonyl (C=O) groups is 1. The van der Waals surface area contributed by atoms with Crippen LogP contribution in [0.2, 0.25) is 0 Å². The van der Waals surface area contributed by atoms with Crippen LogP contribution in [0.1, 0.15) is 5.56 Å². The number of amides is 1. The van der Waals surface area contributed by atoms with Gasteiger partial charge in [-0.1, -0.05) is 18.2 Å². The summed E-state index contributed by atoms with van der Waals surface area (Å²) in [7, 11) is 0. The Kier molecular flexibility index (Phi) is 6.57. The minimum atomic E-state index is -0.505. The van der Waals surface area contributed by atoms with Crippen molar-refractivity contribution in [2.24, 2.45) is 0 Å². The van der Waals surface area contributed by atoms with Crippen LogP contribution >= 0.6 is 0 Å². The SMILES string of the molecule is O=C(CN1CCN(Cc2cccc(-c3cc(=O)n(O)c4ncccc34)c2)CC1)N1CCOCC1. The normalized spacial score (nSPS) is 17.8. The third-order valence-corrected chi connectivity index (χ3v) is 6.59. The molecule has 1 amide bonds. The highest BCUT2D eigenvalue weighted by atomic mass is 16.5. The molecule has 0 unspecified atom stereocenters. The van der Waals surface area contributed by atoms with Gasteiger partial charge in [0.05, 0.1) is 19.8 Å². The number of piperazine rings is 1. The number of hydrogen-bond donors (Lipinski definition) is 1. The van der Waals surface area contributed by atoms with Gasteiger partial charge in [0, 0.05) is 63.5 Å². The van der Waals surface area contributed by atoms with Gasteiger partial charge in [-0.15, -0.1) is 4.73 Å². The number of hydrogen-bond acceptors (Lipinski definition) is 7. The highest BCUT2D eigenvalue weighted by molar-refractivity contribution is 5.92. The molecular formula is C25H29N5O4. The maximum absolute atomic E-state index is 12.5. The summed E-state index contributed by atoms with van der Waals surface area (Å²) in [5, 5.41) is 10.8. The Morgan fingerprint density at radius 2 is 1.74 bits per heavy atom. The molecule has 2 saturated heterocycles. The standard InChI is InChI=1S/C25H29N5O4/c31-23-16-22(21-5-2-6-26-25(21)30(23)33)20-4-1-3-19(15-20)17-27-7-9-28(10-8-27)18-24(32)29-11-13-34-14-12-29/h1-6,15-16,33H,7-14,17-18H2. The molecule has 1 aromatic carbocycles. The molecular weight excluding hydrogens is 434 g/mol. The van der Waals surface area contributed by atoms with E-state index in [-0.39, 0.29) is 11.6 Å². The van der Waals surface area contributed by atoms with E-state index in [2.05, 4.69) is 26.9 Å². The van der Waals surface area contributed by atoms with Crippen LogP contribution in [0.5, 0.6) is 0 Å². The van der Waals surface area contributed by atoms with Crippen LogP contribution in [-0.4, -0.2) is 94.6 Å². The van der Waals surface area contributed by atoms with Crippen molar-refractivity contribution in [3.63, 3.8) is 0 Å². The summed E-state index contributed by atoms with van der Waals surface area (Å²) in [6, 6.07) is 13.3. The van der Waals surface area contributed by atoms with E-state index in [1.54, 1.807) is 12.3 Å². The van der Waals surface area contributed by atoms with Gasteiger partial charge in [0.2, 0.25) is 5.91 Å². The number of morpholine rings is 1. The predicted octanol–water partition coefficient (Wildman–Crippen LogP) is 1.28. The molecule has 2 aliphatic rings. The van der Waals surface area contributed by atoms with Crippen molar-refractivity contribution in [3.8, 4) is 11.1 Å². The molecule has 2 aromatic heterocycles. The monoisotopic (exact) mass is 463 g/mol. The molecule has 3 aromatic rings. The smallest absolute Gasteiger partial charge is 0.285 e. The lowest BCUT2D eigenvalue weighted by Gasteiger charge is -2.36. The van der Waals surface area contributed by atoms with Gasteiger partial charge in [-0.05, 0) is 34.9 Å². The van der Waals surface area contributed by atoms with Crippen molar-refractivity contribution in [1.29, 1.82) is 0 Å². The summed E-state index contributed by atoms with van der Waals surface area (Å²) in [4.78, 5) is 35.5. The van der Waals surface area contributed by atoms with Crippen molar-refractivity contribution in [3.05, 3.63) is 64.6 Å². The molecule has 9 heteroatoms. The van der Waals surface area contributed by atoms with E-state index in [0.717, 1.165) is 54.8 Å². The summed E-state index contributed by atoms with van der Waals surface area (Å²) in [5.74, 6) is 0.191. The van der Waals surface area contributed by atoms with E-state index in [1.807, 2.05) is 23.1 Å². The van der Waals surface area contributed by atoms with Gasteiger partial charge in [0.25, 0.3) is 5.56 Å². The highest BCUT2D eigenvalue weighted by Crippen LogP contribution is 2.27. The first-order chi connectivity index (χ1) is 16.6. The van der Waals surface area contributed by atoms with Crippen molar-refractivity contribution < 1.29 is 14.7 Å². The number of nitrogens with zero attached hydrogens (tertiary/aromatic N) is 5. The molecule has 0 atom stereocenters. The zero-order valence-electron chi connectivity index (χ0n) is 19.1. The minimum Gasteiger partial charge on any atom is -0.423 e. The van der Waals surface area contributed by atoms with E-state index in [1.165, 1.54) is 6.07 Å². The fourth-order valence-corrected chi connectivity index (χ4v) is 4.69. The number of fused-ring (bicyclic) bond motifs is 1. The van der Waals surface area contributed by atoms with Gasteiger partial charge in [0.15, 0.2) is 5.65 Å². The van der Waals surface area contributed by atoms with E-state index in [4.69, 9.17) is 4.74 Å². The molecule has 0 radical (unpaired) electrons. The summed E-state index contributed by atoms with van der Waals surface area (Å²) in [5.41, 5.74) is 2.57. The van der Waals surface area contributed by atoms with E-state index in [0.29, 0.717) is 37.6 Å². The fraction of sp³-hybridized carbons (Fsp3) is 0.400. The van der Waals surface area contributed by atoms with Crippen molar-refractivity contribution in [1.82, 2.24) is 24.4 Å². The molecule has 0 spiro atoms. The Labute approximate surface area is 197 Å². The zero-order chi connectivity index (χ0) is 23.5. The Morgan fingerprint density at radius 1 is 0.971 bits per heavy atom. The van der Waals surface area contributed by atoms with Crippen molar-refractivity contribution >= 4 is 16.9 Å². The first kappa shape index (κ1) is 22.5. The molecule has 5 rings (SSSR count). The molecule has 178 valence electrons. The number of ether oxygens (including phenoxy) is 1. The van der Waals surface area contributed by atoms with Crippen molar-refractivity contribution in [2.75, 3.05) is 59.0 Å². The molecule has 0 bridgehead atoms. The molecule has 9 nitrogen and oxygen atoms in total. The molecule has 4 heterocycles. The van der Waals surface area contributed by atoms with Gasteiger partial charge in [-0.25, -0.2) is 4.98 Å². The van der Waals surface area contributed by atoms with Crippen LogP contribution in [0.3, 0.4) is 0 Å². The lowest BCUT2D eigenvalue weighted by atomic mass is 10.0. The molecule has 34 heavy (non-hydrogen) atoms. The Bertz CT molecular complexity index is 1230. The largest absolute Gasteiger partial charge is 0.423 e. The van der Waals surface area contributed by atoms with E-state index in [9.17, 15) is 14.8 Å². The van der Waals surface area contributed by atoms with E-state index >= 15 is 0 Å². The van der Waals surface area contributed by atoms with Gasteiger partial charge in [0.1, 0.15) is 0 Å². The topological polar surface area (TPSA) is 91.1 Å². The number of carbonyl (C=O) groups excluding carboxylic acids is 1. The number of pyridine rings is 2. The summed E-state index contributed by atoms with van der Waals surface area (Å²) >= 11 is 0. The highest BCUT2D eigenvalue weighted by Gasteiger charge is 2.23. The summed E-state index contributed by atoms with van der Waals surface area (Å²) in [6.45, 7) is 7.42. The fourth-order valence-electron chi connectivity index (χ4n) is 4.69. The van der Waals surface area contributed by atoms with Gasteiger partial charge >= 0.3 is 0 Å². The second kappa shape index (κ2) is 9.92. The number of aromatic nitrogens is 2. The van der Waals surface area contributed by atoms with Crippen molar-refractivity contribution in [2.45, 2.75) is 6.54 Å². The molecule has 2 aliphatic heterocycles. The Hall–Kier alpha value is -3.27. The quantitative estimate of drug-likeness (QED) is 0.570. The van der Waals surface area contributed by atoms with Crippen LogP contribution in [0.4, 0.5) is 0 Å². The average Bonchev–Trinajstić information content (AvgIpc) is 2.88. The third-order valence-electron chi connectivity index (χ3n) is 6.59. The van der Waals surface area contributed by atoms with Gasteiger partial charge in [-0.2, -0.15) is 0 Å². The lowest BCUT2D eigenvalue weighted by molar-refractivity contribution is -0.136. The summed E-state index contributed by atoms with van der Waals surface area (Å²) < 4.78 is 5.92. The number of rotatable bonds is 5. The third kappa shape index (κ3) is 4.82. The molecule has 1 N–H and O–H groups in total. The van der Waals surface area contributed by atoms with E-state index < -0.39 is 5.56 Å². The zero-order valence-corrected chi connectivity index (χ0v) is 19.1. The first-order valence-electron chi connectivity index (χ1n) is 11.7. The maximum atomic E-state index is 12.5. The van der Waals surface area contributed by atoms with Gasteiger partial charge < -0.3 is 14.8 Å². The summed E-state index contributed by atoms with van der Waals surface area (Å²) in [6.07, 6.45) is 1.56. The molecule has 0 saturated carbocycles. The maximum Gasteiger partial charge on any atom is 0.285 e. The predicted molar refractivity (Wildman–Crippen MR) is 128 cm³/mol. The lowest BCUT2D eigenvalue weighted by Crippen LogP contribution is -2.51. The Morgan fingerprint density at radius 3 is 2.53 bits per heavy atom. The second-order valence-electron chi connectivity index (χ2n) is 8.83. The minimum absolute atomic E-state index is 0.191. The van der Waals surface area contributed by atoms with Crippen LogP contribution in [0, 0.1) is 0 Å².